The number of carbonyl (C=O) groups is 1. The van der Waals surface area contributed by atoms with E-state index in [0.29, 0.717) is 23.9 Å². The Bertz CT molecular complexity index is 366. The number of halogens is 1. The van der Waals surface area contributed by atoms with Gasteiger partial charge in [-0.3, -0.25) is 4.79 Å². The first-order chi connectivity index (χ1) is 6.24. The largest absolute Gasteiger partial charge is 0.333 e. The van der Waals surface area contributed by atoms with Crippen molar-refractivity contribution in [3.8, 4) is 0 Å². The average molecular weight is 198 g/mol. The van der Waals surface area contributed by atoms with E-state index in [-0.39, 0.29) is 5.91 Å². The van der Waals surface area contributed by atoms with Crippen LogP contribution in [-0.4, -0.2) is 27.3 Å². The van der Waals surface area contributed by atoms with Crippen LogP contribution in [0.3, 0.4) is 0 Å². The minimum atomic E-state index is -0.0539. The highest BCUT2D eigenvalue weighted by Gasteiger charge is 2.29. The molecule has 0 N–H and O–H groups in total. The van der Waals surface area contributed by atoms with Crippen LogP contribution in [0.15, 0.2) is 6.33 Å². The van der Waals surface area contributed by atoms with Crippen molar-refractivity contribution < 1.29 is 4.79 Å². The summed E-state index contributed by atoms with van der Waals surface area (Å²) in [5, 5.41) is 0.384. The number of amides is 1. The van der Waals surface area contributed by atoms with Gasteiger partial charge in [0.2, 0.25) is 0 Å². The summed E-state index contributed by atoms with van der Waals surface area (Å²) in [6, 6.07) is 0. The fourth-order valence-corrected chi connectivity index (χ4v) is 1.58. The quantitative estimate of drug-likeness (QED) is 0.634. The van der Waals surface area contributed by atoms with E-state index in [1.165, 1.54) is 6.33 Å². The molecular weight excluding hydrogens is 190 g/mol. The van der Waals surface area contributed by atoms with E-state index in [0.717, 1.165) is 5.56 Å². The third-order valence-corrected chi connectivity index (χ3v) is 2.44. The van der Waals surface area contributed by atoms with E-state index in [1.807, 2.05) is 6.92 Å². The van der Waals surface area contributed by atoms with Gasteiger partial charge < -0.3 is 4.90 Å². The van der Waals surface area contributed by atoms with Crippen molar-refractivity contribution in [1.29, 1.82) is 0 Å². The van der Waals surface area contributed by atoms with Crippen molar-refractivity contribution in [1.82, 2.24) is 14.9 Å². The Kier molecular flexibility index (Phi) is 1.92. The lowest BCUT2D eigenvalue weighted by atomic mass is 10.3. The predicted octanol–water partition coefficient (Wildman–Crippen LogP) is 1.11. The second kappa shape index (κ2) is 2.96. The molecule has 0 unspecified atom stereocenters. The van der Waals surface area contributed by atoms with Crippen LogP contribution in [-0.2, 0) is 6.54 Å². The number of fused-ring (bicyclic) bond motifs is 1. The zero-order chi connectivity index (χ0) is 9.42. The summed E-state index contributed by atoms with van der Waals surface area (Å²) in [6.07, 6.45) is 1.32. The highest BCUT2D eigenvalue weighted by molar-refractivity contribution is 6.30. The van der Waals surface area contributed by atoms with Crippen LogP contribution < -0.4 is 0 Å². The van der Waals surface area contributed by atoms with Gasteiger partial charge >= 0.3 is 0 Å². The number of rotatable bonds is 1. The van der Waals surface area contributed by atoms with Gasteiger partial charge in [0.15, 0.2) is 0 Å². The molecule has 1 aromatic rings. The zero-order valence-corrected chi connectivity index (χ0v) is 7.88. The van der Waals surface area contributed by atoms with Gasteiger partial charge in [0, 0.05) is 12.1 Å². The Balaban J connectivity index is 2.49. The van der Waals surface area contributed by atoms with Gasteiger partial charge in [-0.25, -0.2) is 9.97 Å². The third-order valence-electron chi connectivity index (χ3n) is 2.11. The summed E-state index contributed by atoms with van der Waals surface area (Å²) in [4.78, 5) is 21.0. The van der Waals surface area contributed by atoms with Crippen LogP contribution in [0.1, 0.15) is 23.0 Å². The molecule has 68 valence electrons. The topological polar surface area (TPSA) is 46.1 Å². The second-order valence-electron chi connectivity index (χ2n) is 2.81. The molecule has 0 atom stereocenters. The van der Waals surface area contributed by atoms with Gasteiger partial charge in [-0.2, -0.15) is 0 Å². The predicted molar refractivity (Wildman–Crippen MR) is 47.5 cm³/mol. The maximum atomic E-state index is 11.6. The Morgan fingerprint density at radius 2 is 2.38 bits per heavy atom. The molecule has 1 amide bonds. The van der Waals surface area contributed by atoms with E-state index < -0.39 is 0 Å². The second-order valence-corrected chi connectivity index (χ2v) is 3.17. The van der Waals surface area contributed by atoms with Crippen molar-refractivity contribution in [3.05, 3.63) is 22.7 Å². The lowest BCUT2D eigenvalue weighted by Crippen LogP contribution is -2.23. The van der Waals surface area contributed by atoms with Gasteiger partial charge in [-0.15, -0.1) is 0 Å². The number of aromatic nitrogens is 2. The van der Waals surface area contributed by atoms with Crippen LogP contribution >= 0.6 is 11.6 Å². The number of carbonyl (C=O) groups excluding carboxylic acids is 1. The van der Waals surface area contributed by atoms with Gasteiger partial charge in [0.25, 0.3) is 5.91 Å². The fourth-order valence-electron chi connectivity index (χ4n) is 1.38. The highest BCUT2D eigenvalue weighted by Crippen LogP contribution is 2.24. The summed E-state index contributed by atoms with van der Waals surface area (Å²) < 4.78 is 0. The Morgan fingerprint density at radius 1 is 1.62 bits per heavy atom. The van der Waals surface area contributed by atoms with E-state index in [1.54, 1.807) is 4.90 Å². The standard InChI is InChI=1S/C8H8ClN3O/c1-2-12-3-5-6(8(12)13)10-4-11-7(5)9/h4H,2-3H2,1H3. The Hall–Kier alpha value is -1.16. The van der Waals surface area contributed by atoms with Crippen molar-refractivity contribution >= 4 is 17.5 Å². The van der Waals surface area contributed by atoms with Crippen LogP contribution in [0, 0.1) is 0 Å². The van der Waals surface area contributed by atoms with Gasteiger partial charge in [0.05, 0.1) is 6.54 Å². The summed E-state index contributed by atoms with van der Waals surface area (Å²) in [7, 11) is 0. The van der Waals surface area contributed by atoms with Crippen molar-refractivity contribution in [2.45, 2.75) is 13.5 Å². The van der Waals surface area contributed by atoms with Crippen LogP contribution in [0.25, 0.3) is 0 Å². The molecule has 0 fully saturated rings. The van der Waals surface area contributed by atoms with Crippen LogP contribution in [0.5, 0.6) is 0 Å². The zero-order valence-electron chi connectivity index (χ0n) is 7.12. The maximum Gasteiger partial charge on any atom is 0.273 e. The monoisotopic (exact) mass is 197 g/mol. The van der Waals surface area contributed by atoms with E-state index >= 15 is 0 Å². The number of hydrogen-bond donors (Lipinski definition) is 0. The minimum Gasteiger partial charge on any atom is -0.333 e. The maximum absolute atomic E-state index is 11.6. The van der Waals surface area contributed by atoms with Gasteiger partial charge in [-0.1, -0.05) is 11.6 Å². The van der Waals surface area contributed by atoms with E-state index in [2.05, 4.69) is 9.97 Å². The molecule has 4 nitrogen and oxygen atoms in total. The Labute approximate surface area is 80.5 Å². The van der Waals surface area contributed by atoms with Gasteiger partial charge in [-0.05, 0) is 6.92 Å². The summed E-state index contributed by atoms with van der Waals surface area (Å²) >= 11 is 5.83. The normalized spacial score (nSPS) is 14.9. The van der Waals surface area contributed by atoms with Crippen molar-refractivity contribution in [3.63, 3.8) is 0 Å². The first-order valence-electron chi connectivity index (χ1n) is 4.02. The van der Waals surface area contributed by atoms with Crippen molar-refractivity contribution in [2.24, 2.45) is 0 Å². The lowest BCUT2D eigenvalue weighted by molar-refractivity contribution is 0.0783. The number of hydrogen-bond acceptors (Lipinski definition) is 3. The van der Waals surface area contributed by atoms with Crippen molar-refractivity contribution in [2.75, 3.05) is 6.54 Å². The molecule has 5 heteroatoms. The minimum absolute atomic E-state index is 0.0539. The number of nitrogens with zero attached hydrogens (tertiary/aromatic N) is 3. The van der Waals surface area contributed by atoms with Gasteiger partial charge in [0.1, 0.15) is 17.2 Å². The van der Waals surface area contributed by atoms with E-state index in [9.17, 15) is 4.79 Å². The molecule has 0 radical (unpaired) electrons. The molecule has 13 heavy (non-hydrogen) atoms. The molecule has 0 spiro atoms. The molecule has 0 saturated carbocycles. The SMILES string of the molecule is CCN1Cc2c(Cl)ncnc2C1=O. The summed E-state index contributed by atoms with van der Waals surface area (Å²) in [5.41, 5.74) is 1.19. The molecule has 2 rings (SSSR count). The fraction of sp³-hybridized carbons (Fsp3) is 0.375. The lowest BCUT2D eigenvalue weighted by Gasteiger charge is -2.10. The first kappa shape index (κ1) is 8.44. The average Bonchev–Trinajstić information content (AvgIpc) is 2.45. The molecule has 0 bridgehead atoms. The molecule has 2 heterocycles. The highest BCUT2D eigenvalue weighted by atomic mass is 35.5. The summed E-state index contributed by atoms with van der Waals surface area (Å²) in [6.45, 7) is 3.13. The van der Waals surface area contributed by atoms with Crippen LogP contribution in [0.4, 0.5) is 0 Å². The first-order valence-corrected chi connectivity index (χ1v) is 4.40. The Morgan fingerprint density at radius 3 is 3.00 bits per heavy atom. The van der Waals surface area contributed by atoms with E-state index in [4.69, 9.17) is 11.6 Å². The summed E-state index contributed by atoms with van der Waals surface area (Å²) in [5.74, 6) is -0.0539. The molecule has 0 saturated heterocycles. The molecule has 0 aromatic carbocycles. The molecule has 1 aliphatic rings. The third kappa shape index (κ3) is 1.18. The smallest absolute Gasteiger partial charge is 0.273 e. The molecular formula is C8H8ClN3O. The molecule has 1 aromatic heterocycles. The van der Waals surface area contributed by atoms with Crippen LogP contribution in [0.2, 0.25) is 5.15 Å². The molecule has 0 aliphatic carbocycles. The molecule has 1 aliphatic heterocycles.